The van der Waals surface area contributed by atoms with Crippen LogP contribution in [0.15, 0.2) is 12.2 Å². The first-order chi connectivity index (χ1) is 7.26. The Labute approximate surface area is 94.1 Å². The van der Waals surface area contributed by atoms with Crippen LogP contribution in [0.2, 0.25) is 0 Å². The highest BCUT2D eigenvalue weighted by molar-refractivity contribution is 4.96. The molecule has 0 heterocycles. The van der Waals surface area contributed by atoms with E-state index < -0.39 is 0 Å². The van der Waals surface area contributed by atoms with Gasteiger partial charge in [-0.2, -0.15) is 0 Å². The van der Waals surface area contributed by atoms with Crippen molar-refractivity contribution in [1.82, 2.24) is 5.32 Å². The summed E-state index contributed by atoms with van der Waals surface area (Å²) in [6, 6.07) is 0. The zero-order chi connectivity index (χ0) is 11.1. The van der Waals surface area contributed by atoms with Crippen molar-refractivity contribution >= 4 is 0 Å². The molecule has 0 aromatic heterocycles. The molecule has 2 nitrogen and oxygen atoms in total. The lowest BCUT2D eigenvalue weighted by Gasteiger charge is -2.28. The van der Waals surface area contributed by atoms with Crippen LogP contribution in [0.4, 0.5) is 0 Å². The molecule has 1 fully saturated rings. The molecule has 0 saturated heterocycles. The lowest BCUT2D eigenvalue weighted by atomic mass is 9.85. The van der Waals surface area contributed by atoms with Crippen molar-refractivity contribution in [3.05, 3.63) is 12.2 Å². The van der Waals surface area contributed by atoms with Gasteiger partial charge >= 0.3 is 0 Å². The molecule has 1 rings (SSSR count). The number of rotatable bonds is 6. The van der Waals surface area contributed by atoms with Crippen LogP contribution < -0.4 is 5.32 Å². The van der Waals surface area contributed by atoms with E-state index in [1.807, 2.05) is 7.05 Å². The first kappa shape index (κ1) is 12.7. The van der Waals surface area contributed by atoms with Gasteiger partial charge in [-0.25, -0.2) is 0 Å². The molecule has 2 atom stereocenters. The largest absolute Gasteiger partial charge is 0.374 e. The average Bonchev–Trinajstić information content (AvgIpc) is 2.27. The summed E-state index contributed by atoms with van der Waals surface area (Å²) in [5.41, 5.74) is 1.15. The quantitative estimate of drug-likeness (QED) is 0.682. The van der Waals surface area contributed by atoms with Crippen molar-refractivity contribution in [3.8, 4) is 0 Å². The maximum Gasteiger partial charge on any atom is 0.0690 e. The molecule has 0 aromatic rings. The Bertz CT molecular complexity index is 191. The van der Waals surface area contributed by atoms with Crippen LogP contribution in [0.5, 0.6) is 0 Å². The SMILES string of the molecule is C=C(CNC)COC1CCCC(CC)C1. The van der Waals surface area contributed by atoms with E-state index in [9.17, 15) is 0 Å². The number of hydrogen-bond donors (Lipinski definition) is 1. The van der Waals surface area contributed by atoms with E-state index in [1.165, 1.54) is 32.1 Å². The summed E-state index contributed by atoms with van der Waals surface area (Å²) in [6.45, 7) is 7.85. The van der Waals surface area contributed by atoms with Gasteiger partial charge in [-0.3, -0.25) is 0 Å². The molecule has 1 N–H and O–H groups in total. The average molecular weight is 211 g/mol. The fourth-order valence-corrected chi connectivity index (χ4v) is 2.30. The van der Waals surface area contributed by atoms with Crippen LogP contribution in [-0.2, 0) is 4.74 Å². The van der Waals surface area contributed by atoms with E-state index in [2.05, 4.69) is 18.8 Å². The summed E-state index contributed by atoms with van der Waals surface area (Å²) in [4.78, 5) is 0. The summed E-state index contributed by atoms with van der Waals surface area (Å²) in [7, 11) is 1.94. The van der Waals surface area contributed by atoms with Crippen molar-refractivity contribution in [3.63, 3.8) is 0 Å². The van der Waals surface area contributed by atoms with E-state index in [-0.39, 0.29) is 0 Å². The van der Waals surface area contributed by atoms with Gasteiger partial charge < -0.3 is 10.1 Å². The normalized spacial score (nSPS) is 26.5. The third-order valence-corrected chi connectivity index (χ3v) is 3.26. The highest BCUT2D eigenvalue weighted by atomic mass is 16.5. The first-order valence-corrected chi connectivity index (χ1v) is 6.19. The predicted octanol–water partition coefficient (Wildman–Crippen LogP) is 2.75. The van der Waals surface area contributed by atoms with Gasteiger partial charge in [-0.05, 0) is 31.4 Å². The first-order valence-electron chi connectivity index (χ1n) is 6.19. The minimum absolute atomic E-state index is 0.484. The molecule has 2 unspecified atom stereocenters. The second-order valence-corrected chi connectivity index (χ2v) is 4.65. The maximum absolute atomic E-state index is 5.89. The van der Waals surface area contributed by atoms with E-state index in [0.717, 1.165) is 24.6 Å². The Morgan fingerprint density at radius 3 is 2.93 bits per heavy atom. The monoisotopic (exact) mass is 211 g/mol. The Kier molecular flexibility index (Phi) is 5.96. The Morgan fingerprint density at radius 1 is 1.47 bits per heavy atom. The van der Waals surface area contributed by atoms with E-state index in [1.54, 1.807) is 0 Å². The number of ether oxygens (including phenoxy) is 1. The second kappa shape index (κ2) is 7.02. The summed E-state index contributed by atoms with van der Waals surface area (Å²) in [5.74, 6) is 0.890. The summed E-state index contributed by atoms with van der Waals surface area (Å²) >= 11 is 0. The van der Waals surface area contributed by atoms with Crippen LogP contribution in [-0.4, -0.2) is 26.3 Å². The lowest BCUT2D eigenvalue weighted by Crippen LogP contribution is -2.24. The molecule has 0 spiro atoms. The smallest absolute Gasteiger partial charge is 0.0690 e. The molecular formula is C13H25NO. The molecule has 15 heavy (non-hydrogen) atoms. The highest BCUT2D eigenvalue weighted by Gasteiger charge is 2.20. The van der Waals surface area contributed by atoms with E-state index >= 15 is 0 Å². The molecular weight excluding hydrogens is 186 g/mol. The second-order valence-electron chi connectivity index (χ2n) is 4.65. The molecule has 88 valence electrons. The zero-order valence-electron chi connectivity index (χ0n) is 10.2. The zero-order valence-corrected chi connectivity index (χ0v) is 10.2. The maximum atomic E-state index is 5.89. The Morgan fingerprint density at radius 2 is 2.27 bits per heavy atom. The summed E-state index contributed by atoms with van der Waals surface area (Å²) < 4.78 is 5.89. The van der Waals surface area contributed by atoms with E-state index in [0.29, 0.717) is 6.10 Å². The van der Waals surface area contributed by atoms with Gasteiger partial charge in [0.25, 0.3) is 0 Å². The number of hydrogen-bond acceptors (Lipinski definition) is 2. The van der Waals surface area contributed by atoms with Gasteiger partial charge in [0.05, 0.1) is 12.7 Å². The third-order valence-electron chi connectivity index (χ3n) is 3.26. The van der Waals surface area contributed by atoms with Crippen LogP contribution in [0.3, 0.4) is 0 Å². The number of likely N-dealkylation sites (N-methyl/N-ethyl adjacent to an activating group) is 1. The molecule has 1 saturated carbocycles. The summed E-state index contributed by atoms with van der Waals surface area (Å²) in [5, 5.41) is 3.10. The third kappa shape index (κ3) is 4.80. The van der Waals surface area contributed by atoms with Crippen LogP contribution in [0.1, 0.15) is 39.0 Å². The summed E-state index contributed by atoms with van der Waals surface area (Å²) in [6.07, 6.45) is 7.01. The van der Waals surface area contributed by atoms with Crippen molar-refractivity contribution in [1.29, 1.82) is 0 Å². The van der Waals surface area contributed by atoms with Crippen molar-refractivity contribution in [2.45, 2.75) is 45.1 Å². The Hall–Kier alpha value is -0.340. The van der Waals surface area contributed by atoms with Crippen LogP contribution >= 0.6 is 0 Å². The minimum atomic E-state index is 0.484. The van der Waals surface area contributed by atoms with Gasteiger partial charge in [0.15, 0.2) is 0 Å². The molecule has 0 radical (unpaired) electrons. The van der Waals surface area contributed by atoms with Crippen molar-refractivity contribution in [2.75, 3.05) is 20.2 Å². The number of nitrogens with one attached hydrogen (secondary N) is 1. The fourth-order valence-electron chi connectivity index (χ4n) is 2.30. The molecule has 0 amide bonds. The van der Waals surface area contributed by atoms with Gasteiger partial charge in [-0.1, -0.05) is 32.8 Å². The minimum Gasteiger partial charge on any atom is -0.374 e. The van der Waals surface area contributed by atoms with Crippen molar-refractivity contribution < 1.29 is 4.74 Å². The van der Waals surface area contributed by atoms with E-state index in [4.69, 9.17) is 4.74 Å². The molecule has 1 aliphatic rings. The van der Waals surface area contributed by atoms with Crippen molar-refractivity contribution in [2.24, 2.45) is 5.92 Å². The van der Waals surface area contributed by atoms with Crippen LogP contribution in [0, 0.1) is 5.92 Å². The topological polar surface area (TPSA) is 21.3 Å². The molecule has 2 heteroatoms. The van der Waals surface area contributed by atoms with Gasteiger partial charge in [0, 0.05) is 6.54 Å². The predicted molar refractivity (Wildman–Crippen MR) is 65.1 cm³/mol. The standard InChI is InChI=1S/C13H25NO/c1-4-12-6-5-7-13(8-12)15-10-11(2)9-14-3/h12-14H,2,4-10H2,1,3H3. The molecule has 0 bridgehead atoms. The molecule has 0 aliphatic heterocycles. The fraction of sp³-hybridized carbons (Fsp3) is 0.846. The van der Waals surface area contributed by atoms with Gasteiger partial charge in [0.1, 0.15) is 0 Å². The molecule has 0 aromatic carbocycles. The Balaban J connectivity index is 2.17. The molecule has 1 aliphatic carbocycles. The van der Waals surface area contributed by atoms with Gasteiger partial charge in [0.2, 0.25) is 0 Å². The highest BCUT2D eigenvalue weighted by Crippen LogP contribution is 2.28. The van der Waals surface area contributed by atoms with Crippen LogP contribution in [0.25, 0.3) is 0 Å². The lowest BCUT2D eigenvalue weighted by molar-refractivity contribution is 0.0247. The van der Waals surface area contributed by atoms with Gasteiger partial charge in [-0.15, -0.1) is 0 Å².